The molecule has 2 atom stereocenters. The van der Waals surface area contributed by atoms with Gasteiger partial charge in [0.15, 0.2) is 0 Å². The molecule has 0 saturated carbocycles. The molecule has 2 nitrogen and oxygen atoms in total. The van der Waals surface area contributed by atoms with Crippen molar-refractivity contribution in [1.82, 2.24) is 0 Å². The Balaban J connectivity index is 2.42. The molecule has 0 saturated heterocycles. The van der Waals surface area contributed by atoms with Gasteiger partial charge in [-0.1, -0.05) is 20.3 Å². The number of hydrogen-bond acceptors (Lipinski definition) is 2. The summed E-state index contributed by atoms with van der Waals surface area (Å²) in [6, 6.07) is 3.98. The Labute approximate surface area is 97.3 Å². The lowest BCUT2D eigenvalue weighted by molar-refractivity contribution is 0.177. The molecule has 1 aromatic carbocycles. The summed E-state index contributed by atoms with van der Waals surface area (Å²) in [5.74, 6) is 1.67. The average molecular weight is 220 g/mol. The van der Waals surface area contributed by atoms with Crippen LogP contribution in [-0.4, -0.2) is 11.2 Å². The topological polar surface area (TPSA) is 29.5 Å². The molecule has 0 amide bonds. The maximum Gasteiger partial charge on any atom is 0.127 e. The Hall–Kier alpha value is -1.18. The van der Waals surface area contributed by atoms with Crippen molar-refractivity contribution in [2.75, 3.05) is 0 Å². The van der Waals surface area contributed by atoms with Crippen molar-refractivity contribution in [2.45, 2.75) is 52.1 Å². The van der Waals surface area contributed by atoms with Crippen LogP contribution in [0.4, 0.5) is 0 Å². The van der Waals surface area contributed by atoms with Crippen LogP contribution in [0.3, 0.4) is 0 Å². The van der Waals surface area contributed by atoms with Crippen molar-refractivity contribution < 1.29 is 9.84 Å². The summed E-state index contributed by atoms with van der Waals surface area (Å²) < 4.78 is 5.81. The molecule has 0 radical (unpaired) electrons. The average Bonchev–Trinajstić information content (AvgIpc) is 2.15. The molecule has 0 aliphatic carbocycles. The molecular weight excluding hydrogens is 200 g/mol. The summed E-state index contributed by atoms with van der Waals surface area (Å²) in [6.07, 6.45) is 3.31. The van der Waals surface area contributed by atoms with E-state index in [1.54, 1.807) is 0 Å². The van der Waals surface area contributed by atoms with E-state index in [2.05, 4.69) is 26.8 Å². The lowest BCUT2D eigenvalue weighted by Gasteiger charge is -2.29. The summed E-state index contributed by atoms with van der Waals surface area (Å²) in [5, 5.41) is 10.0. The zero-order valence-corrected chi connectivity index (χ0v) is 10.3. The number of phenolic OH excluding ortho intramolecular Hbond substituents is 1. The smallest absolute Gasteiger partial charge is 0.127 e. The number of aromatic hydroxyl groups is 1. The Morgan fingerprint density at radius 1 is 1.38 bits per heavy atom. The highest BCUT2D eigenvalue weighted by atomic mass is 16.5. The Morgan fingerprint density at radius 2 is 2.12 bits per heavy atom. The van der Waals surface area contributed by atoms with Gasteiger partial charge in [-0.3, -0.25) is 0 Å². The molecule has 0 fully saturated rings. The summed E-state index contributed by atoms with van der Waals surface area (Å²) in [4.78, 5) is 0. The lowest BCUT2D eigenvalue weighted by Crippen LogP contribution is -2.21. The van der Waals surface area contributed by atoms with E-state index >= 15 is 0 Å². The number of ether oxygens (including phenoxy) is 1. The summed E-state index contributed by atoms with van der Waals surface area (Å²) >= 11 is 0. The molecule has 2 heteroatoms. The van der Waals surface area contributed by atoms with Crippen molar-refractivity contribution in [3.8, 4) is 11.5 Å². The van der Waals surface area contributed by atoms with Crippen LogP contribution in [-0.2, 0) is 6.42 Å². The van der Waals surface area contributed by atoms with Gasteiger partial charge in [0, 0.05) is 5.56 Å². The monoisotopic (exact) mass is 220 g/mol. The van der Waals surface area contributed by atoms with E-state index in [0.717, 1.165) is 30.6 Å². The number of hydrogen-bond donors (Lipinski definition) is 1. The molecular formula is C14H20O2. The fraction of sp³-hybridized carbons (Fsp3) is 0.571. The van der Waals surface area contributed by atoms with E-state index in [-0.39, 0.29) is 6.10 Å². The van der Waals surface area contributed by atoms with Gasteiger partial charge in [0.1, 0.15) is 11.5 Å². The van der Waals surface area contributed by atoms with E-state index in [9.17, 15) is 5.11 Å². The third-order valence-corrected chi connectivity index (χ3v) is 3.23. The highest BCUT2D eigenvalue weighted by Gasteiger charge is 2.25. The van der Waals surface area contributed by atoms with Gasteiger partial charge in [-0.05, 0) is 43.4 Å². The predicted molar refractivity (Wildman–Crippen MR) is 65.2 cm³/mol. The number of aryl methyl sites for hydroxylation is 1. The molecule has 2 rings (SSSR count). The van der Waals surface area contributed by atoms with Gasteiger partial charge in [0.2, 0.25) is 0 Å². The van der Waals surface area contributed by atoms with E-state index in [1.807, 2.05) is 6.07 Å². The summed E-state index contributed by atoms with van der Waals surface area (Å²) in [5.41, 5.74) is 2.15. The Kier molecular flexibility index (Phi) is 3.08. The highest BCUT2D eigenvalue weighted by molar-refractivity contribution is 5.50. The first-order chi connectivity index (χ1) is 7.61. The predicted octanol–water partition coefficient (Wildman–Crippen LogP) is 3.62. The second-order valence-corrected chi connectivity index (χ2v) is 4.84. The molecule has 1 aliphatic rings. The fourth-order valence-corrected chi connectivity index (χ4v) is 2.57. The van der Waals surface area contributed by atoms with Gasteiger partial charge in [-0.25, -0.2) is 0 Å². The van der Waals surface area contributed by atoms with E-state index < -0.39 is 0 Å². The number of fused-ring (bicyclic) bond motifs is 1. The minimum atomic E-state index is 0.249. The van der Waals surface area contributed by atoms with Crippen molar-refractivity contribution in [1.29, 1.82) is 0 Å². The van der Waals surface area contributed by atoms with Gasteiger partial charge in [-0.15, -0.1) is 0 Å². The molecule has 88 valence electrons. The first-order valence-electron chi connectivity index (χ1n) is 6.14. The zero-order chi connectivity index (χ0) is 11.7. The van der Waals surface area contributed by atoms with Crippen LogP contribution in [0.5, 0.6) is 11.5 Å². The summed E-state index contributed by atoms with van der Waals surface area (Å²) in [7, 11) is 0. The molecule has 16 heavy (non-hydrogen) atoms. The molecule has 1 heterocycles. The Morgan fingerprint density at radius 3 is 2.81 bits per heavy atom. The summed E-state index contributed by atoms with van der Waals surface area (Å²) in [6.45, 7) is 6.38. The van der Waals surface area contributed by atoms with Crippen LogP contribution in [0.15, 0.2) is 12.1 Å². The van der Waals surface area contributed by atoms with Gasteiger partial charge < -0.3 is 9.84 Å². The number of rotatable bonds is 2. The molecule has 0 aromatic heterocycles. The maximum absolute atomic E-state index is 10.0. The van der Waals surface area contributed by atoms with Crippen molar-refractivity contribution in [3.05, 3.63) is 23.3 Å². The van der Waals surface area contributed by atoms with Crippen LogP contribution >= 0.6 is 0 Å². The minimum absolute atomic E-state index is 0.249. The van der Waals surface area contributed by atoms with Crippen molar-refractivity contribution in [2.24, 2.45) is 0 Å². The first-order valence-corrected chi connectivity index (χ1v) is 6.14. The van der Waals surface area contributed by atoms with Crippen LogP contribution in [0.1, 0.15) is 50.7 Å². The van der Waals surface area contributed by atoms with E-state index in [1.165, 1.54) is 5.56 Å². The van der Waals surface area contributed by atoms with Gasteiger partial charge in [-0.2, -0.15) is 0 Å². The lowest BCUT2D eigenvalue weighted by atomic mass is 9.90. The molecule has 1 N–H and O–H groups in total. The van der Waals surface area contributed by atoms with Crippen molar-refractivity contribution >= 4 is 0 Å². The van der Waals surface area contributed by atoms with Crippen LogP contribution in [0.25, 0.3) is 0 Å². The zero-order valence-electron chi connectivity index (χ0n) is 10.3. The molecule has 0 bridgehead atoms. The van der Waals surface area contributed by atoms with E-state index in [0.29, 0.717) is 11.7 Å². The van der Waals surface area contributed by atoms with Crippen LogP contribution < -0.4 is 4.74 Å². The third kappa shape index (κ3) is 2.01. The minimum Gasteiger partial charge on any atom is -0.508 e. The SMILES string of the molecule is CCCc1cc(O)c2c(c1)OC(C)CC2C. The third-order valence-electron chi connectivity index (χ3n) is 3.23. The van der Waals surface area contributed by atoms with Gasteiger partial charge in [0.05, 0.1) is 6.10 Å². The molecule has 0 spiro atoms. The fourth-order valence-electron chi connectivity index (χ4n) is 2.57. The largest absolute Gasteiger partial charge is 0.508 e. The standard InChI is InChI=1S/C14H20O2/c1-4-5-11-7-12(15)14-9(2)6-10(3)16-13(14)8-11/h7-10,15H,4-6H2,1-3H3. The van der Waals surface area contributed by atoms with E-state index in [4.69, 9.17) is 4.74 Å². The van der Waals surface area contributed by atoms with Gasteiger partial charge >= 0.3 is 0 Å². The Bertz CT molecular complexity index is 385. The second-order valence-electron chi connectivity index (χ2n) is 4.84. The van der Waals surface area contributed by atoms with Gasteiger partial charge in [0.25, 0.3) is 0 Å². The van der Waals surface area contributed by atoms with Crippen molar-refractivity contribution in [3.63, 3.8) is 0 Å². The highest BCUT2D eigenvalue weighted by Crippen LogP contribution is 2.42. The quantitative estimate of drug-likeness (QED) is 0.824. The maximum atomic E-state index is 10.0. The van der Waals surface area contributed by atoms with Crippen LogP contribution in [0, 0.1) is 0 Å². The second kappa shape index (κ2) is 4.36. The molecule has 1 aromatic rings. The first kappa shape index (κ1) is 11.3. The molecule has 1 aliphatic heterocycles. The normalized spacial score (nSPS) is 23.7. The number of benzene rings is 1. The number of phenols is 1. The molecule has 2 unspecified atom stereocenters. The van der Waals surface area contributed by atoms with Crippen LogP contribution in [0.2, 0.25) is 0 Å².